The summed E-state index contributed by atoms with van der Waals surface area (Å²) in [5.41, 5.74) is 1.07. The van der Waals surface area contributed by atoms with Crippen molar-refractivity contribution in [3.63, 3.8) is 0 Å². The third kappa shape index (κ3) is 5.08. The molecular formula is C14H17BrClN3O3. The van der Waals surface area contributed by atoms with Gasteiger partial charge in [0.2, 0.25) is 5.89 Å². The predicted octanol–water partition coefficient (Wildman–Crippen LogP) is 2.75. The number of halogens is 2. The summed E-state index contributed by atoms with van der Waals surface area (Å²) in [5.74, 6) is 0.112. The second kappa shape index (κ2) is 8.26. The number of aliphatic carboxylic acids is 1. The summed E-state index contributed by atoms with van der Waals surface area (Å²) in [6.07, 6.45) is 0.571. The van der Waals surface area contributed by atoms with Gasteiger partial charge in [-0.05, 0) is 31.7 Å². The Bertz CT molecular complexity index is 635. The van der Waals surface area contributed by atoms with Crippen molar-refractivity contribution in [2.45, 2.75) is 25.9 Å². The van der Waals surface area contributed by atoms with Crippen molar-refractivity contribution >= 4 is 34.3 Å². The van der Waals surface area contributed by atoms with E-state index in [0.29, 0.717) is 24.7 Å². The highest BCUT2D eigenvalue weighted by Crippen LogP contribution is 2.14. The number of hydrogen-bond acceptors (Lipinski definition) is 5. The molecule has 0 fully saturated rings. The smallest absolute Gasteiger partial charge is 0.320 e. The first-order chi connectivity index (χ1) is 9.95. The predicted molar refractivity (Wildman–Crippen MR) is 87.1 cm³/mol. The third-order valence-electron chi connectivity index (χ3n) is 3.16. The largest absolute Gasteiger partial charge is 0.480 e. The molecule has 2 aromatic rings. The number of carboxylic acids is 1. The second-order valence-electron chi connectivity index (χ2n) is 4.84. The Labute approximate surface area is 143 Å². The van der Waals surface area contributed by atoms with E-state index in [4.69, 9.17) is 9.63 Å². The number of carbonyl (C=O) groups is 1. The van der Waals surface area contributed by atoms with E-state index in [-0.39, 0.29) is 12.4 Å². The molecule has 1 heterocycles. The van der Waals surface area contributed by atoms with Crippen molar-refractivity contribution in [2.24, 2.45) is 0 Å². The lowest BCUT2D eigenvalue weighted by molar-refractivity contribution is -0.142. The lowest BCUT2D eigenvalue weighted by atomic mass is 10.1. The number of rotatable bonds is 6. The second-order valence-corrected chi connectivity index (χ2v) is 5.76. The van der Waals surface area contributed by atoms with E-state index in [1.807, 2.05) is 24.3 Å². The van der Waals surface area contributed by atoms with Crippen molar-refractivity contribution < 1.29 is 14.4 Å². The number of carboxylic acid groups (broad SMARTS) is 1. The SMILES string of the molecule is CC(C(=O)O)N(C)Cc1nc(Cc2cccc(Br)c2)no1.Cl. The first-order valence-electron chi connectivity index (χ1n) is 6.44. The summed E-state index contributed by atoms with van der Waals surface area (Å²) >= 11 is 3.42. The molecule has 0 spiro atoms. The summed E-state index contributed by atoms with van der Waals surface area (Å²) in [5, 5.41) is 12.9. The Kier molecular flexibility index (Phi) is 6.99. The van der Waals surface area contributed by atoms with Gasteiger partial charge in [0, 0.05) is 10.9 Å². The molecule has 2 rings (SSSR count). The first-order valence-corrected chi connectivity index (χ1v) is 7.24. The van der Waals surface area contributed by atoms with Gasteiger partial charge in [0.05, 0.1) is 6.54 Å². The molecule has 0 aliphatic heterocycles. The summed E-state index contributed by atoms with van der Waals surface area (Å²) in [6, 6.07) is 7.27. The molecule has 0 saturated carbocycles. The zero-order chi connectivity index (χ0) is 15.4. The van der Waals surface area contributed by atoms with Crippen molar-refractivity contribution in [1.29, 1.82) is 0 Å². The van der Waals surface area contributed by atoms with Crippen LogP contribution in [0.5, 0.6) is 0 Å². The molecule has 1 aromatic carbocycles. The van der Waals surface area contributed by atoms with Crippen LogP contribution in [0, 0.1) is 0 Å². The molecule has 0 amide bonds. The molecule has 22 heavy (non-hydrogen) atoms. The lowest BCUT2D eigenvalue weighted by Crippen LogP contribution is -2.35. The molecule has 6 nitrogen and oxygen atoms in total. The van der Waals surface area contributed by atoms with Gasteiger partial charge in [-0.15, -0.1) is 12.4 Å². The zero-order valence-electron chi connectivity index (χ0n) is 12.2. The first kappa shape index (κ1) is 18.6. The molecule has 1 atom stereocenters. The van der Waals surface area contributed by atoms with Gasteiger partial charge in [-0.2, -0.15) is 4.98 Å². The molecule has 120 valence electrons. The van der Waals surface area contributed by atoms with E-state index >= 15 is 0 Å². The molecule has 0 aliphatic rings. The molecule has 0 aliphatic carbocycles. The Balaban J connectivity index is 0.00000242. The van der Waals surface area contributed by atoms with Crippen molar-refractivity contribution in [2.75, 3.05) is 7.05 Å². The molecule has 0 bridgehead atoms. The van der Waals surface area contributed by atoms with Crippen LogP contribution in [0.2, 0.25) is 0 Å². The maximum atomic E-state index is 10.9. The Morgan fingerprint density at radius 1 is 1.50 bits per heavy atom. The summed E-state index contributed by atoms with van der Waals surface area (Å²) < 4.78 is 6.16. The minimum atomic E-state index is -0.883. The number of likely N-dealkylation sites (N-methyl/N-ethyl adjacent to an activating group) is 1. The Morgan fingerprint density at radius 2 is 2.23 bits per heavy atom. The molecule has 1 aromatic heterocycles. The lowest BCUT2D eigenvalue weighted by Gasteiger charge is -2.18. The van der Waals surface area contributed by atoms with Crippen LogP contribution in [0.15, 0.2) is 33.3 Å². The van der Waals surface area contributed by atoms with Gasteiger partial charge in [-0.3, -0.25) is 9.69 Å². The van der Waals surface area contributed by atoms with Gasteiger partial charge < -0.3 is 9.63 Å². The Hall–Kier alpha value is -1.44. The van der Waals surface area contributed by atoms with E-state index in [9.17, 15) is 4.79 Å². The van der Waals surface area contributed by atoms with Crippen LogP contribution in [-0.2, 0) is 17.8 Å². The number of aromatic nitrogens is 2. The molecule has 1 N–H and O–H groups in total. The van der Waals surface area contributed by atoms with Crippen molar-refractivity contribution in [3.8, 4) is 0 Å². The fraction of sp³-hybridized carbons (Fsp3) is 0.357. The van der Waals surface area contributed by atoms with Crippen LogP contribution >= 0.6 is 28.3 Å². The standard InChI is InChI=1S/C14H16BrN3O3.ClH/c1-9(14(19)20)18(2)8-13-16-12(17-21-13)7-10-4-3-5-11(15)6-10;/h3-6,9H,7-8H2,1-2H3,(H,19,20);1H. The van der Waals surface area contributed by atoms with E-state index < -0.39 is 12.0 Å². The topological polar surface area (TPSA) is 79.5 Å². The van der Waals surface area contributed by atoms with Crippen molar-refractivity contribution in [1.82, 2.24) is 15.0 Å². The van der Waals surface area contributed by atoms with Crippen LogP contribution < -0.4 is 0 Å². The van der Waals surface area contributed by atoms with E-state index in [2.05, 4.69) is 26.1 Å². The molecule has 0 saturated heterocycles. The quantitative estimate of drug-likeness (QED) is 0.817. The van der Waals surface area contributed by atoms with Gasteiger partial charge in [0.15, 0.2) is 5.82 Å². The Morgan fingerprint density at radius 3 is 2.86 bits per heavy atom. The van der Waals surface area contributed by atoms with Gasteiger partial charge in [-0.1, -0.05) is 33.2 Å². The van der Waals surface area contributed by atoms with Gasteiger partial charge in [0.25, 0.3) is 0 Å². The van der Waals surface area contributed by atoms with E-state index in [1.54, 1.807) is 18.9 Å². The van der Waals surface area contributed by atoms with Crippen LogP contribution in [0.1, 0.15) is 24.2 Å². The highest BCUT2D eigenvalue weighted by atomic mass is 79.9. The highest BCUT2D eigenvalue weighted by molar-refractivity contribution is 9.10. The molecule has 8 heteroatoms. The fourth-order valence-electron chi connectivity index (χ4n) is 1.79. The monoisotopic (exact) mass is 389 g/mol. The number of benzene rings is 1. The van der Waals surface area contributed by atoms with Crippen molar-refractivity contribution in [3.05, 3.63) is 46.0 Å². The van der Waals surface area contributed by atoms with Gasteiger partial charge >= 0.3 is 5.97 Å². The average molecular weight is 391 g/mol. The van der Waals surface area contributed by atoms with Gasteiger partial charge in [0.1, 0.15) is 6.04 Å². The minimum Gasteiger partial charge on any atom is -0.480 e. The number of hydrogen-bond donors (Lipinski definition) is 1. The van der Waals surface area contributed by atoms with Crippen LogP contribution in [-0.4, -0.2) is 39.2 Å². The molecule has 1 unspecified atom stereocenters. The van der Waals surface area contributed by atoms with Crippen LogP contribution in [0.25, 0.3) is 0 Å². The van der Waals surface area contributed by atoms with Gasteiger partial charge in [-0.25, -0.2) is 0 Å². The van der Waals surface area contributed by atoms with E-state index in [0.717, 1.165) is 10.0 Å². The summed E-state index contributed by atoms with van der Waals surface area (Å²) in [6.45, 7) is 1.92. The fourth-order valence-corrected chi connectivity index (χ4v) is 2.24. The highest BCUT2D eigenvalue weighted by Gasteiger charge is 2.19. The van der Waals surface area contributed by atoms with E-state index in [1.165, 1.54) is 0 Å². The summed E-state index contributed by atoms with van der Waals surface area (Å²) in [7, 11) is 1.71. The number of nitrogens with zero attached hydrogens (tertiary/aromatic N) is 3. The maximum Gasteiger partial charge on any atom is 0.320 e. The average Bonchev–Trinajstić information content (AvgIpc) is 2.84. The maximum absolute atomic E-state index is 10.9. The third-order valence-corrected chi connectivity index (χ3v) is 3.66. The van der Waals surface area contributed by atoms with Crippen LogP contribution in [0.4, 0.5) is 0 Å². The minimum absolute atomic E-state index is 0. The summed E-state index contributed by atoms with van der Waals surface area (Å²) in [4.78, 5) is 16.8. The zero-order valence-corrected chi connectivity index (χ0v) is 14.6. The molecule has 0 radical (unpaired) electrons. The van der Waals surface area contributed by atoms with Crippen LogP contribution in [0.3, 0.4) is 0 Å². The normalized spacial score (nSPS) is 12.0. The molecular weight excluding hydrogens is 374 g/mol.